The maximum Gasteiger partial charge on any atom is 0.349 e. The third-order valence-corrected chi connectivity index (χ3v) is 6.38. The molecule has 2 aliphatic heterocycles. The fourth-order valence-corrected chi connectivity index (χ4v) is 4.62. The Bertz CT molecular complexity index is 1640. The molecule has 0 unspecified atom stereocenters. The summed E-state index contributed by atoms with van der Waals surface area (Å²) in [6.45, 7) is 6.72. The van der Waals surface area contributed by atoms with Crippen LogP contribution in [0.3, 0.4) is 0 Å². The molecule has 0 saturated carbocycles. The van der Waals surface area contributed by atoms with Gasteiger partial charge in [0.05, 0.1) is 30.9 Å². The van der Waals surface area contributed by atoms with Crippen LogP contribution in [0.2, 0.25) is 0 Å². The van der Waals surface area contributed by atoms with Gasteiger partial charge < -0.3 is 18.9 Å². The first-order valence-electron chi connectivity index (χ1n) is 12.3. The smallest absolute Gasteiger partial charge is 0.349 e. The third kappa shape index (κ3) is 4.58. The lowest BCUT2D eigenvalue weighted by Gasteiger charge is -2.28. The third-order valence-electron chi connectivity index (χ3n) is 6.38. The molecule has 0 spiro atoms. The monoisotopic (exact) mass is 511 g/mol. The highest BCUT2D eigenvalue weighted by Crippen LogP contribution is 2.40. The standard InChI is InChI=1S/C29H29N5O4/c1-17(2)16-33-25-15-24(18(3)14-23(25)30-26-27(33)31-29(36)32-28(26)35)34(19-6-10-21(37-4)11-7-19)20-8-12-22(38-5)13-9-20/h6-15,17H,16H2,1-5H3,(H,32,35,36). The average molecular weight is 512 g/mol. The number of hydrogen-bond acceptors (Lipinski definition) is 7. The van der Waals surface area contributed by atoms with Crippen LogP contribution in [-0.2, 0) is 6.54 Å². The number of anilines is 3. The average Bonchev–Trinajstić information content (AvgIpc) is 2.90. The second-order valence-electron chi connectivity index (χ2n) is 9.52. The minimum absolute atomic E-state index is 0.145. The van der Waals surface area contributed by atoms with Crippen LogP contribution in [0.15, 0.2) is 70.3 Å². The van der Waals surface area contributed by atoms with E-state index in [0.717, 1.165) is 39.6 Å². The molecule has 3 aromatic rings. The Kier molecular flexibility index (Phi) is 6.59. The van der Waals surface area contributed by atoms with E-state index >= 15 is 0 Å². The van der Waals surface area contributed by atoms with Gasteiger partial charge >= 0.3 is 5.69 Å². The van der Waals surface area contributed by atoms with Crippen molar-refractivity contribution in [3.8, 4) is 23.0 Å². The van der Waals surface area contributed by atoms with Crippen LogP contribution in [0, 0.1) is 12.8 Å². The van der Waals surface area contributed by atoms with Crippen LogP contribution in [0.1, 0.15) is 19.4 Å². The fraction of sp³-hybridized carbons (Fsp3) is 0.241. The van der Waals surface area contributed by atoms with Gasteiger partial charge in [0, 0.05) is 17.9 Å². The summed E-state index contributed by atoms with van der Waals surface area (Å²) in [5.41, 5.74) is 4.07. The van der Waals surface area contributed by atoms with Gasteiger partial charge in [-0.05, 0) is 79.1 Å². The zero-order valence-corrected chi connectivity index (χ0v) is 22.0. The highest BCUT2D eigenvalue weighted by atomic mass is 16.5. The molecule has 0 atom stereocenters. The molecule has 2 aliphatic rings. The molecule has 0 fully saturated rings. The number of benzene rings is 3. The second kappa shape index (κ2) is 10.0. The van der Waals surface area contributed by atoms with Crippen molar-refractivity contribution in [2.45, 2.75) is 27.3 Å². The van der Waals surface area contributed by atoms with Crippen LogP contribution in [0.5, 0.6) is 11.5 Å². The molecule has 38 heavy (non-hydrogen) atoms. The zero-order chi connectivity index (χ0) is 27.0. The minimum Gasteiger partial charge on any atom is -0.497 e. The van der Waals surface area contributed by atoms with E-state index < -0.39 is 11.2 Å². The molecule has 0 amide bonds. The number of aromatic amines is 1. The predicted octanol–water partition coefficient (Wildman–Crippen LogP) is 5.04. The van der Waals surface area contributed by atoms with Crippen LogP contribution < -0.4 is 25.6 Å². The molecule has 3 aromatic carbocycles. The maximum absolute atomic E-state index is 12.6. The van der Waals surface area contributed by atoms with Crippen molar-refractivity contribution in [1.29, 1.82) is 0 Å². The first-order valence-corrected chi connectivity index (χ1v) is 12.3. The predicted molar refractivity (Wildman–Crippen MR) is 148 cm³/mol. The number of nitrogens with one attached hydrogen (secondary N) is 1. The van der Waals surface area contributed by atoms with E-state index in [1.54, 1.807) is 14.2 Å². The highest BCUT2D eigenvalue weighted by molar-refractivity contribution is 5.89. The lowest BCUT2D eigenvalue weighted by atomic mass is 10.1. The topological polar surface area (TPSA) is 102 Å². The van der Waals surface area contributed by atoms with Gasteiger partial charge in [0.2, 0.25) is 0 Å². The molecule has 9 heteroatoms. The molecule has 0 saturated heterocycles. The molecule has 0 bridgehead atoms. The van der Waals surface area contributed by atoms with Gasteiger partial charge in [0.1, 0.15) is 11.5 Å². The van der Waals surface area contributed by atoms with Crippen molar-refractivity contribution in [2.24, 2.45) is 5.92 Å². The van der Waals surface area contributed by atoms with Gasteiger partial charge in [0.25, 0.3) is 5.56 Å². The van der Waals surface area contributed by atoms with Gasteiger partial charge in [-0.1, -0.05) is 13.8 Å². The van der Waals surface area contributed by atoms with E-state index in [1.807, 2.05) is 72.2 Å². The molecule has 9 nitrogen and oxygen atoms in total. The number of H-pyrrole nitrogens is 1. The Morgan fingerprint density at radius 1 is 0.895 bits per heavy atom. The molecule has 2 heterocycles. The number of hydrogen-bond donors (Lipinski definition) is 1. The van der Waals surface area contributed by atoms with Gasteiger partial charge in [-0.2, -0.15) is 4.98 Å². The van der Waals surface area contributed by atoms with Crippen molar-refractivity contribution in [3.63, 3.8) is 0 Å². The Labute approximate surface area is 219 Å². The molecular formula is C29H29N5O4. The van der Waals surface area contributed by atoms with E-state index in [2.05, 4.69) is 33.7 Å². The summed E-state index contributed by atoms with van der Waals surface area (Å²) in [7, 11) is 3.28. The van der Waals surface area contributed by atoms with Gasteiger partial charge in [-0.3, -0.25) is 9.78 Å². The minimum atomic E-state index is -0.688. The Morgan fingerprint density at radius 3 is 2.00 bits per heavy atom. The Morgan fingerprint density at radius 2 is 1.47 bits per heavy atom. The number of fused-ring (bicyclic) bond motifs is 2. The van der Waals surface area contributed by atoms with E-state index in [9.17, 15) is 9.59 Å². The van der Waals surface area contributed by atoms with Gasteiger partial charge in [0.15, 0.2) is 11.5 Å². The molecular weight excluding hydrogens is 482 g/mol. The maximum atomic E-state index is 12.6. The molecule has 0 radical (unpaired) electrons. The second-order valence-corrected chi connectivity index (χ2v) is 9.52. The fourth-order valence-electron chi connectivity index (χ4n) is 4.62. The van der Waals surface area contributed by atoms with Crippen molar-refractivity contribution < 1.29 is 9.47 Å². The molecule has 0 aliphatic carbocycles. The van der Waals surface area contributed by atoms with E-state index in [1.165, 1.54) is 0 Å². The zero-order valence-electron chi connectivity index (χ0n) is 22.0. The largest absolute Gasteiger partial charge is 0.497 e. The van der Waals surface area contributed by atoms with Crippen LogP contribution in [-0.4, -0.2) is 33.7 Å². The van der Waals surface area contributed by atoms with E-state index in [4.69, 9.17) is 9.47 Å². The SMILES string of the molecule is COc1ccc(N(c2ccc(OC)cc2)c2cc3c(cc2C)nc2c(=O)[nH]c(=O)nc-2n3CC(C)C)cc1. The Balaban J connectivity index is 1.81. The summed E-state index contributed by atoms with van der Waals surface area (Å²) in [5.74, 6) is 2.02. The summed E-state index contributed by atoms with van der Waals surface area (Å²) in [5, 5.41) is 0. The number of aromatic nitrogens is 4. The quantitative estimate of drug-likeness (QED) is 0.306. The molecule has 194 valence electrons. The van der Waals surface area contributed by atoms with Crippen molar-refractivity contribution in [2.75, 3.05) is 19.1 Å². The first-order chi connectivity index (χ1) is 18.3. The lowest BCUT2D eigenvalue weighted by molar-refractivity contribution is 0.415. The van der Waals surface area contributed by atoms with Crippen LogP contribution in [0.25, 0.3) is 22.6 Å². The summed E-state index contributed by atoms with van der Waals surface area (Å²) in [6.07, 6.45) is 0. The lowest BCUT2D eigenvalue weighted by Crippen LogP contribution is -2.29. The van der Waals surface area contributed by atoms with E-state index in [-0.39, 0.29) is 17.4 Å². The summed E-state index contributed by atoms with van der Waals surface area (Å²) < 4.78 is 12.7. The van der Waals surface area contributed by atoms with Crippen molar-refractivity contribution in [1.82, 2.24) is 19.5 Å². The molecule has 1 N–H and O–H groups in total. The van der Waals surface area contributed by atoms with Gasteiger partial charge in [-0.15, -0.1) is 0 Å². The van der Waals surface area contributed by atoms with Crippen molar-refractivity contribution >= 4 is 28.1 Å². The van der Waals surface area contributed by atoms with E-state index in [0.29, 0.717) is 12.1 Å². The highest BCUT2D eigenvalue weighted by Gasteiger charge is 2.22. The van der Waals surface area contributed by atoms with Crippen molar-refractivity contribution in [3.05, 3.63) is 87.1 Å². The number of methoxy groups -OCH3 is 2. The summed E-state index contributed by atoms with van der Waals surface area (Å²) >= 11 is 0. The van der Waals surface area contributed by atoms with Crippen LogP contribution in [0.4, 0.5) is 17.1 Å². The molecule has 0 aromatic heterocycles. The normalized spacial score (nSPS) is 11.3. The Hall–Kier alpha value is -4.66. The summed E-state index contributed by atoms with van der Waals surface area (Å²) in [6, 6.07) is 19.7. The molecule has 5 rings (SSSR count). The number of nitrogens with zero attached hydrogens (tertiary/aromatic N) is 4. The number of ether oxygens (including phenoxy) is 2. The number of aryl methyl sites for hydroxylation is 1. The summed E-state index contributed by atoms with van der Waals surface area (Å²) in [4.78, 5) is 37.9. The van der Waals surface area contributed by atoms with Gasteiger partial charge in [-0.25, -0.2) is 9.78 Å². The number of rotatable bonds is 7. The first kappa shape index (κ1) is 25.0. The van der Waals surface area contributed by atoms with Crippen LogP contribution >= 0.6 is 0 Å².